The molecule has 1 aromatic carbocycles. The molecule has 122 valence electrons. The zero-order valence-corrected chi connectivity index (χ0v) is 12.8. The molecule has 3 heterocycles. The van der Waals surface area contributed by atoms with Crippen molar-refractivity contribution < 1.29 is 4.79 Å². The quantitative estimate of drug-likeness (QED) is 0.589. The smallest absolute Gasteiger partial charge is 0.279 e. The minimum absolute atomic E-state index is 0.171. The maximum Gasteiger partial charge on any atom is 0.279 e. The molecule has 10 heteroatoms. The van der Waals surface area contributed by atoms with E-state index in [2.05, 4.69) is 35.6 Å². The first kappa shape index (κ1) is 14.6. The van der Waals surface area contributed by atoms with Crippen LogP contribution in [0.15, 0.2) is 61.6 Å². The van der Waals surface area contributed by atoms with E-state index in [1.165, 1.54) is 34.7 Å². The number of hydrogen-bond donors (Lipinski definition) is 1. The number of hydrogen-bond acceptors (Lipinski definition) is 7. The summed E-state index contributed by atoms with van der Waals surface area (Å²) in [6.07, 6.45) is 5.61. The molecule has 10 nitrogen and oxygen atoms in total. The van der Waals surface area contributed by atoms with Gasteiger partial charge < -0.3 is 5.32 Å². The normalized spacial score (nSPS) is 10.6. The predicted octanol–water partition coefficient (Wildman–Crippen LogP) is 0.890. The fourth-order valence-corrected chi connectivity index (χ4v) is 2.10. The molecule has 0 unspecified atom stereocenters. The van der Waals surface area contributed by atoms with E-state index < -0.39 is 5.91 Å². The van der Waals surface area contributed by atoms with Gasteiger partial charge in [0.05, 0.1) is 11.9 Å². The van der Waals surface area contributed by atoms with Gasteiger partial charge in [-0.15, -0.1) is 5.10 Å². The number of para-hydroxylation sites is 1. The Bertz CT molecular complexity index is 995. The molecule has 1 N–H and O–H groups in total. The summed E-state index contributed by atoms with van der Waals surface area (Å²) in [5.74, 6) is 0.376. The summed E-state index contributed by atoms with van der Waals surface area (Å²) >= 11 is 0. The van der Waals surface area contributed by atoms with Gasteiger partial charge in [0.15, 0.2) is 11.5 Å². The maximum absolute atomic E-state index is 12.3. The molecule has 0 spiro atoms. The van der Waals surface area contributed by atoms with Crippen LogP contribution in [0.3, 0.4) is 0 Å². The summed E-state index contributed by atoms with van der Waals surface area (Å²) in [7, 11) is 0. The van der Waals surface area contributed by atoms with Crippen molar-refractivity contribution in [1.82, 2.24) is 39.7 Å². The van der Waals surface area contributed by atoms with Crippen LogP contribution in [0.5, 0.6) is 0 Å². The highest BCUT2D eigenvalue weighted by atomic mass is 16.2. The number of anilines is 1. The molecule has 0 aliphatic carbocycles. The predicted molar refractivity (Wildman–Crippen MR) is 86.3 cm³/mol. The molecule has 4 aromatic rings. The average Bonchev–Trinajstić information content (AvgIpc) is 3.35. The van der Waals surface area contributed by atoms with Gasteiger partial charge >= 0.3 is 0 Å². The molecule has 0 atom stereocenters. The van der Waals surface area contributed by atoms with Crippen LogP contribution in [0.4, 0.5) is 5.82 Å². The molecule has 0 saturated heterocycles. The van der Waals surface area contributed by atoms with Crippen molar-refractivity contribution in [3.8, 4) is 11.5 Å². The number of aromatic nitrogens is 8. The second-order valence-electron chi connectivity index (χ2n) is 4.91. The third-order valence-corrected chi connectivity index (χ3v) is 3.26. The first-order valence-electron chi connectivity index (χ1n) is 7.26. The van der Waals surface area contributed by atoms with Crippen LogP contribution in [0, 0.1) is 0 Å². The van der Waals surface area contributed by atoms with Crippen LogP contribution in [-0.4, -0.2) is 45.6 Å². The number of carbonyl (C=O) groups is 1. The zero-order valence-electron chi connectivity index (χ0n) is 12.8. The van der Waals surface area contributed by atoms with Crippen molar-refractivity contribution in [2.24, 2.45) is 0 Å². The minimum atomic E-state index is -0.426. The fraction of sp³-hybridized carbons (Fsp3) is 0. The standard InChI is InChI=1S/C15H11N9O/c25-15(12-7-19-24(22-12)11-4-2-1-3-5-11)21-13-6-14(18-9-17-13)23-10-16-8-20-23/h1-10H,(H,17,18,21,25). The fourth-order valence-electron chi connectivity index (χ4n) is 2.10. The summed E-state index contributed by atoms with van der Waals surface area (Å²) in [5.41, 5.74) is 0.932. The molecule has 0 bridgehead atoms. The molecule has 25 heavy (non-hydrogen) atoms. The Morgan fingerprint density at radius 3 is 2.72 bits per heavy atom. The lowest BCUT2D eigenvalue weighted by Crippen LogP contribution is -2.15. The maximum atomic E-state index is 12.3. The van der Waals surface area contributed by atoms with Gasteiger partial charge in [0, 0.05) is 6.07 Å². The highest BCUT2D eigenvalue weighted by molar-refractivity contribution is 6.02. The summed E-state index contributed by atoms with van der Waals surface area (Å²) < 4.78 is 1.46. The number of amides is 1. The number of carbonyl (C=O) groups excluding carboxylic acids is 1. The van der Waals surface area contributed by atoms with Crippen molar-refractivity contribution in [2.45, 2.75) is 0 Å². The van der Waals surface area contributed by atoms with Crippen LogP contribution in [0.2, 0.25) is 0 Å². The van der Waals surface area contributed by atoms with Gasteiger partial charge in [-0.3, -0.25) is 4.79 Å². The SMILES string of the molecule is O=C(Nc1cc(-n2cncn2)ncn1)c1cnn(-c2ccccc2)n1. The summed E-state index contributed by atoms with van der Waals surface area (Å²) in [6.45, 7) is 0. The van der Waals surface area contributed by atoms with E-state index in [4.69, 9.17) is 0 Å². The van der Waals surface area contributed by atoms with E-state index in [0.717, 1.165) is 5.69 Å². The average molecular weight is 333 g/mol. The zero-order chi connectivity index (χ0) is 17.1. The minimum Gasteiger partial charge on any atom is -0.305 e. The van der Waals surface area contributed by atoms with Crippen LogP contribution < -0.4 is 5.32 Å². The Kier molecular flexibility index (Phi) is 3.67. The molecule has 0 fully saturated rings. The lowest BCUT2D eigenvalue weighted by Gasteiger charge is -2.04. The molecule has 0 aliphatic rings. The molecule has 3 aromatic heterocycles. The van der Waals surface area contributed by atoms with Gasteiger partial charge in [-0.2, -0.15) is 15.0 Å². The highest BCUT2D eigenvalue weighted by Gasteiger charge is 2.13. The Balaban J connectivity index is 1.53. The van der Waals surface area contributed by atoms with E-state index in [1.54, 1.807) is 6.07 Å². The van der Waals surface area contributed by atoms with E-state index in [1.807, 2.05) is 30.3 Å². The van der Waals surface area contributed by atoms with Crippen molar-refractivity contribution in [2.75, 3.05) is 5.32 Å². The first-order chi connectivity index (χ1) is 12.3. The Hall–Kier alpha value is -3.95. The van der Waals surface area contributed by atoms with Crippen LogP contribution >= 0.6 is 0 Å². The molecule has 4 rings (SSSR count). The van der Waals surface area contributed by atoms with Gasteiger partial charge in [0.1, 0.15) is 24.8 Å². The Labute approximate surface area is 141 Å². The van der Waals surface area contributed by atoms with Gasteiger partial charge in [0.25, 0.3) is 5.91 Å². The van der Waals surface area contributed by atoms with E-state index in [0.29, 0.717) is 11.6 Å². The molecule has 0 aliphatic heterocycles. The van der Waals surface area contributed by atoms with Crippen molar-refractivity contribution in [3.05, 3.63) is 67.3 Å². The second-order valence-corrected chi connectivity index (χ2v) is 4.91. The summed E-state index contributed by atoms with van der Waals surface area (Å²) in [4.78, 5) is 25.7. The van der Waals surface area contributed by atoms with Crippen LogP contribution in [0.25, 0.3) is 11.5 Å². The van der Waals surface area contributed by atoms with E-state index in [9.17, 15) is 4.79 Å². The van der Waals surface area contributed by atoms with E-state index in [-0.39, 0.29) is 5.69 Å². The van der Waals surface area contributed by atoms with Crippen molar-refractivity contribution in [1.29, 1.82) is 0 Å². The third kappa shape index (κ3) is 3.08. The number of benzene rings is 1. The number of nitrogens with zero attached hydrogens (tertiary/aromatic N) is 8. The largest absolute Gasteiger partial charge is 0.305 e. The number of nitrogens with one attached hydrogen (secondary N) is 1. The van der Waals surface area contributed by atoms with Gasteiger partial charge in [0.2, 0.25) is 0 Å². The lowest BCUT2D eigenvalue weighted by atomic mass is 10.3. The van der Waals surface area contributed by atoms with Gasteiger partial charge in [-0.1, -0.05) is 18.2 Å². The molecule has 0 radical (unpaired) electrons. The molecule has 0 saturated carbocycles. The first-order valence-corrected chi connectivity index (χ1v) is 7.26. The van der Waals surface area contributed by atoms with Gasteiger partial charge in [-0.05, 0) is 12.1 Å². The Morgan fingerprint density at radius 1 is 1.04 bits per heavy atom. The third-order valence-electron chi connectivity index (χ3n) is 3.26. The molecular formula is C15H11N9O. The Morgan fingerprint density at radius 2 is 1.92 bits per heavy atom. The van der Waals surface area contributed by atoms with Crippen molar-refractivity contribution in [3.63, 3.8) is 0 Å². The topological polar surface area (TPSA) is 116 Å². The highest BCUT2D eigenvalue weighted by Crippen LogP contribution is 2.09. The van der Waals surface area contributed by atoms with E-state index >= 15 is 0 Å². The monoisotopic (exact) mass is 333 g/mol. The van der Waals surface area contributed by atoms with Crippen LogP contribution in [-0.2, 0) is 0 Å². The van der Waals surface area contributed by atoms with Gasteiger partial charge in [-0.25, -0.2) is 19.6 Å². The molecular weight excluding hydrogens is 322 g/mol. The lowest BCUT2D eigenvalue weighted by molar-refractivity contribution is 0.102. The summed E-state index contributed by atoms with van der Waals surface area (Å²) in [5, 5.41) is 14.9. The molecule has 1 amide bonds. The van der Waals surface area contributed by atoms with Crippen molar-refractivity contribution >= 4 is 11.7 Å². The number of rotatable bonds is 4. The van der Waals surface area contributed by atoms with Crippen LogP contribution in [0.1, 0.15) is 10.5 Å². The second kappa shape index (κ2) is 6.28. The summed E-state index contributed by atoms with van der Waals surface area (Å²) in [6, 6.07) is 10.9.